The number of rotatable bonds is 6. The fourth-order valence-corrected chi connectivity index (χ4v) is 2.72. The lowest BCUT2D eigenvalue weighted by molar-refractivity contribution is -0.121. The van der Waals surface area contributed by atoms with E-state index in [0.29, 0.717) is 11.1 Å². The van der Waals surface area contributed by atoms with Crippen molar-refractivity contribution in [3.05, 3.63) is 63.6 Å². The maximum Gasteiger partial charge on any atom is 0.337 e. The molecule has 0 heterocycles. The van der Waals surface area contributed by atoms with Crippen LogP contribution in [0, 0.1) is 6.92 Å². The summed E-state index contributed by atoms with van der Waals surface area (Å²) in [5, 5.41) is 11.8. The number of carboxylic acid groups (broad SMARTS) is 1. The van der Waals surface area contributed by atoms with Gasteiger partial charge in [-0.1, -0.05) is 30.3 Å². The average molecular weight is 378 g/mol. The van der Waals surface area contributed by atoms with Crippen molar-refractivity contribution in [2.75, 3.05) is 11.9 Å². The third kappa shape index (κ3) is 4.91. The van der Waals surface area contributed by atoms with Crippen molar-refractivity contribution < 1.29 is 19.4 Å². The van der Waals surface area contributed by atoms with Gasteiger partial charge in [-0.3, -0.25) is 4.79 Å². The van der Waals surface area contributed by atoms with Crippen LogP contribution in [0.1, 0.15) is 21.5 Å². The lowest BCUT2D eigenvalue weighted by Gasteiger charge is -2.12. The maximum atomic E-state index is 12.0. The molecule has 0 aliphatic carbocycles. The summed E-state index contributed by atoms with van der Waals surface area (Å²) in [6.45, 7) is 1.94. The second kappa shape index (κ2) is 7.89. The summed E-state index contributed by atoms with van der Waals surface area (Å²) >= 11 is 3.28. The van der Waals surface area contributed by atoms with Gasteiger partial charge in [0, 0.05) is 4.47 Å². The number of anilines is 1. The molecule has 5 nitrogen and oxygen atoms in total. The Morgan fingerprint density at radius 2 is 1.91 bits per heavy atom. The van der Waals surface area contributed by atoms with Crippen molar-refractivity contribution >= 4 is 33.5 Å². The van der Waals surface area contributed by atoms with Crippen molar-refractivity contribution in [2.24, 2.45) is 0 Å². The van der Waals surface area contributed by atoms with E-state index in [1.54, 1.807) is 13.0 Å². The molecule has 2 aromatic carbocycles. The third-order valence-electron chi connectivity index (χ3n) is 3.07. The number of carbonyl (C=O) groups is 2. The molecular weight excluding hydrogens is 362 g/mol. The molecule has 0 saturated heterocycles. The quantitative estimate of drug-likeness (QED) is 0.805. The minimum Gasteiger partial charge on any atom is -0.478 e. The van der Waals surface area contributed by atoms with Crippen molar-refractivity contribution in [1.82, 2.24) is 0 Å². The number of hydrogen-bond donors (Lipinski definition) is 2. The molecule has 0 radical (unpaired) electrons. The molecule has 0 spiro atoms. The van der Waals surface area contributed by atoms with Gasteiger partial charge in [0.25, 0.3) is 0 Å². The molecule has 0 saturated carbocycles. The second-order valence-electron chi connectivity index (χ2n) is 5.00. The molecule has 120 valence electrons. The van der Waals surface area contributed by atoms with Crippen LogP contribution in [-0.2, 0) is 16.1 Å². The van der Waals surface area contributed by atoms with E-state index in [1.165, 1.54) is 6.07 Å². The van der Waals surface area contributed by atoms with Crippen LogP contribution in [0.2, 0.25) is 0 Å². The zero-order valence-electron chi connectivity index (χ0n) is 12.5. The fraction of sp³-hybridized carbons (Fsp3) is 0.176. The van der Waals surface area contributed by atoms with Gasteiger partial charge in [-0.2, -0.15) is 0 Å². The number of carboxylic acids is 1. The van der Waals surface area contributed by atoms with E-state index in [1.807, 2.05) is 30.3 Å². The van der Waals surface area contributed by atoms with Crippen LogP contribution in [0.4, 0.5) is 5.69 Å². The Morgan fingerprint density at radius 3 is 2.57 bits per heavy atom. The highest BCUT2D eigenvalue weighted by molar-refractivity contribution is 9.10. The van der Waals surface area contributed by atoms with Gasteiger partial charge in [-0.15, -0.1) is 0 Å². The summed E-state index contributed by atoms with van der Waals surface area (Å²) in [5.74, 6) is -1.51. The average Bonchev–Trinajstić information content (AvgIpc) is 2.50. The molecule has 1 amide bonds. The van der Waals surface area contributed by atoms with Gasteiger partial charge in [-0.25, -0.2) is 4.79 Å². The Hall–Kier alpha value is -2.18. The van der Waals surface area contributed by atoms with Crippen molar-refractivity contribution in [3.8, 4) is 0 Å². The Morgan fingerprint density at radius 1 is 1.22 bits per heavy atom. The number of nitrogens with one attached hydrogen (secondary N) is 1. The largest absolute Gasteiger partial charge is 0.478 e. The first-order valence-corrected chi connectivity index (χ1v) is 7.71. The van der Waals surface area contributed by atoms with Gasteiger partial charge in [-0.05, 0) is 46.1 Å². The maximum absolute atomic E-state index is 12.0. The van der Waals surface area contributed by atoms with Crippen LogP contribution in [-0.4, -0.2) is 23.6 Å². The van der Waals surface area contributed by atoms with Crippen LogP contribution in [0.3, 0.4) is 0 Å². The second-order valence-corrected chi connectivity index (χ2v) is 5.86. The summed E-state index contributed by atoms with van der Waals surface area (Å²) in [5.41, 5.74) is 2.01. The highest BCUT2D eigenvalue weighted by atomic mass is 79.9. The standard InChI is InChI=1S/C17H16BrNO4/c1-11-7-13(17(21)22)16(14(18)8-11)19-15(20)10-23-9-12-5-3-2-4-6-12/h2-8H,9-10H2,1H3,(H,19,20)(H,21,22). The Balaban J connectivity index is 1.99. The van der Waals surface area contributed by atoms with Gasteiger partial charge in [0.1, 0.15) is 6.61 Å². The van der Waals surface area contributed by atoms with Gasteiger partial charge < -0.3 is 15.2 Å². The van der Waals surface area contributed by atoms with Crippen molar-refractivity contribution in [3.63, 3.8) is 0 Å². The third-order valence-corrected chi connectivity index (χ3v) is 3.70. The first kappa shape index (κ1) is 17.2. The molecule has 23 heavy (non-hydrogen) atoms. The minimum absolute atomic E-state index is 0.0354. The summed E-state index contributed by atoms with van der Waals surface area (Å²) in [6, 6.07) is 12.7. The summed E-state index contributed by atoms with van der Waals surface area (Å²) in [7, 11) is 0. The topological polar surface area (TPSA) is 75.6 Å². The van der Waals surface area contributed by atoms with Gasteiger partial charge >= 0.3 is 5.97 Å². The molecule has 0 unspecified atom stereocenters. The van der Waals surface area contributed by atoms with Crippen molar-refractivity contribution in [1.29, 1.82) is 0 Å². The molecule has 0 aromatic heterocycles. The van der Waals surface area contributed by atoms with Gasteiger partial charge in [0.15, 0.2) is 0 Å². The molecule has 2 rings (SSSR count). The highest BCUT2D eigenvalue weighted by Gasteiger charge is 2.16. The van der Waals surface area contributed by atoms with Crippen LogP contribution in [0.25, 0.3) is 0 Å². The number of benzene rings is 2. The van der Waals surface area contributed by atoms with Crippen LogP contribution in [0.15, 0.2) is 46.9 Å². The summed E-state index contributed by atoms with van der Waals surface area (Å²) in [4.78, 5) is 23.3. The van der Waals surface area contributed by atoms with E-state index < -0.39 is 11.9 Å². The minimum atomic E-state index is -1.10. The molecule has 0 aliphatic rings. The number of halogens is 1. The molecule has 0 bridgehead atoms. The number of amides is 1. The first-order valence-electron chi connectivity index (χ1n) is 6.92. The van der Waals surface area contributed by atoms with E-state index in [0.717, 1.165) is 11.1 Å². The SMILES string of the molecule is Cc1cc(Br)c(NC(=O)COCc2ccccc2)c(C(=O)O)c1. The molecule has 2 N–H and O–H groups in total. The Labute approximate surface area is 142 Å². The number of hydrogen-bond acceptors (Lipinski definition) is 3. The molecule has 6 heteroatoms. The zero-order valence-corrected chi connectivity index (χ0v) is 14.1. The van der Waals surface area contributed by atoms with Crippen LogP contribution >= 0.6 is 15.9 Å². The Bertz CT molecular complexity index is 716. The normalized spacial score (nSPS) is 10.3. The van der Waals surface area contributed by atoms with Crippen LogP contribution < -0.4 is 5.32 Å². The molecular formula is C17H16BrNO4. The van der Waals surface area contributed by atoms with Gasteiger partial charge in [0.05, 0.1) is 17.9 Å². The monoisotopic (exact) mass is 377 g/mol. The zero-order chi connectivity index (χ0) is 16.8. The number of aryl methyl sites for hydroxylation is 1. The van der Waals surface area contributed by atoms with E-state index in [4.69, 9.17) is 4.74 Å². The van der Waals surface area contributed by atoms with Crippen molar-refractivity contribution in [2.45, 2.75) is 13.5 Å². The van der Waals surface area contributed by atoms with E-state index in [2.05, 4.69) is 21.2 Å². The predicted octanol–water partition coefficient (Wildman–Crippen LogP) is 3.61. The smallest absolute Gasteiger partial charge is 0.337 e. The predicted molar refractivity (Wildman–Crippen MR) is 90.6 cm³/mol. The van der Waals surface area contributed by atoms with Gasteiger partial charge in [0.2, 0.25) is 5.91 Å². The fourth-order valence-electron chi connectivity index (χ4n) is 2.05. The summed E-state index contributed by atoms with van der Waals surface area (Å²) < 4.78 is 5.86. The molecule has 2 aromatic rings. The highest BCUT2D eigenvalue weighted by Crippen LogP contribution is 2.28. The molecule has 0 aliphatic heterocycles. The lowest BCUT2D eigenvalue weighted by Crippen LogP contribution is -2.20. The molecule has 0 fully saturated rings. The number of ether oxygens (including phenoxy) is 1. The summed E-state index contributed by atoms with van der Waals surface area (Å²) in [6.07, 6.45) is 0. The van der Waals surface area contributed by atoms with Crippen LogP contribution in [0.5, 0.6) is 0 Å². The number of aromatic carboxylic acids is 1. The molecule has 0 atom stereocenters. The first-order chi connectivity index (χ1) is 11.0. The lowest BCUT2D eigenvalue weighted by atomic mass is 10.1. The number of carbonyl (C=O) groups excluding carboxylic acids is 1. The Kier molecular flexibility index (Phi) is 5.90. The van der Waals surface area contributed by atoms with E-state index in [-0.39, 0.29) is 17.9 Å². The van der Waals surface area contributed by atoms with E-state index in [9.17, 15) is 14.7 Å². The van der Waals surface area contributed by atoms with E-state index >= 15 is 0 Å².